The van der Waals surface area contributed by atoms with Gasteiger partial charge in [-0.15, -0.1) is 0 Å². The molecule has 0 amide bonds. The molecule has 19 heavy (non-hydrogen) atoms. The lowest BCUT2D eigenvalue weighted by Gasteiger charge is -2.40. The van der Waals surface area contributed by atoms with Crippen molar-refractivity contribution in [1.82, 2.24) is 5.32 Å². The van der Waals surface area contributed by atoms with Crippen LogP contribution in [0.15, 0.2) is 0 Å². The number of hydrogen-bond acceptors (Lipinski definition) is 2. The Morgan fingerprint density at radius 1 is 1.16 bits per heavy atom. The summed E-state index contributed by atoms with van der Waals surface area (Å²) in [5.41, 5.74) is 0.677. The molecule has 3 saturated carbocycles. The van der Waals surface area contributed by atoms with Crippen LogP contribution in [0.3, 0.4) is 0 Å². The second-order valence-electron chi connectivity index (χ2n) is 8.50. The highest BCUT2D eigenvalue weighted by molar-refractivity contribution is 5.02. The Labute approximate surface area is 118 Å². The summed E-state index contributed by atoms with van der Waals surface area (Å²) in [6.07, 6.45) is 8.61. The summed E-state index contributed by atoms with van der Waals surface area (Å²) < 4.78 is 6.12. The van der Waals surface area contributed by atoms with Gasteiger partial charge < -0.3 is 10.1 Å². The first-order valence-corrected chi connectivity index (χ1v) is 8.30. The van der Waals surface area contributed by atoms with E-state index in [1.807, 2.05) is 0 Å². The van der Waals surface area contributed by atoms with Gasteiger partial charge in [-0.05, 0) is 70.6 Å². The minimum absolute atomic E-state index is 0.228. The monoisotopic (exact) mass is 265 g/mol. The van der Waals surface area contributed by atoms with Gasteiger partial charge in [-0.3, -0.25) is 0 Å². The Balaban J connectivity index is 1.58. The van der Waals surface area contributed by atoms with E-state index in [2.05, 4.69) is 26.1 Å². The highest BCUT2D eigenvalue weighted by Crippen LogP contribution is 2.56. The lowest BCUT2D eigenvalue weighted by atomic mass is 9.73. The third kappa shape index (κ3) is 3.33. The Morgan fingerprint density at radius 2 is 1.95 bits per heavy atom. The Bertz CT molecular complexity index is 318. The van der Waals surface area contributed by atoms with Crippen molar-refractivity contribution < 1.29 is 4.74 Å². The molecule has 3 aliphatic rings. The van der Waals surface area contributed by atoms with Crippen LogP contribution in [0.25, 0.3) is 0 Å². The minimum atomic E-state index is 0.228. The van der Waals surface area contributed by atoms with Crippen molar-refractivity contribution in [3.05, 3.63) is 0 Å². The second-order valence-corrected chi connectivity index (χ2v) is 8.50. The molecule has 2 nitrogen and oxygen atoms in total. The summed E-state index contributed by atoms with van der Waals surface area (Å²) in [7, 11) is 0. The highest BCUT2D eigenvalue weighted by atomic mass is 16.5. The Kier molecular flexibility index (Phi) is 3.68. The van der Waals surface area contributed by atoms with E-state index in [9.17, 15) is 0 Å². The van der Waals surface area contributed by atoms with Gasteiger partial charge in [0.25, 0.3) is 0 Å². The number of rotatable bonds is 6. The van der Waals surface area contributed by atoms with E-state index in [4.69, 9.17) is 4.74 Å². The lowest BCUT2D eigenvalue weighted by Crippen LogP contribution is -2.48. The molecule has 0 spiro atoms. The first-order valence-electron chi connectivity index (χ1n) is 8.30. The molecule has 3 aliphatic carbocycles. The molecule has 3 fully saturated rings. The van der Waals surface area contributed by atoms with E-state index in [-0.39, 0.29) is 5.54 Å². The number of nitrogens with one attached hydrogen (secondary N) is 1. The molecule has 3 unspecified atom stereocenters. The van der Waals surface area contributed by atoms with E-state index >= 15 is 0 Å². The van der Waals surface area contributed by atoms with Gasteiger partial charge >= 0.3 is 0 Å². The third-order valence-corrected chi connectivity index (χ3v) is 5.51. The Hall–Kier alpha value is -0.0800. The van der Waals surface area contributed by atoms with Gasteiger partial charge in [-0.2, -0.15) is 0 Å². The standard InChI is InChI=1S/C17H31NO/c1-16(2,3)18-11-17(12-19-10-13-4-5-13)9-14-6-7-15(17)8-14/h13-15,18H,4-12H2,1-3H3. The summed E-state index contributed by atoms with van der Waals surface area (Å²) >= 11 is 0. The molecular formula is C17H31NO. The molecular weight excluding hydrogens is 234 g/mol. The van der Waals surface area contributed by atoms with Gasteiger partial charge in [0.2, 0.25) is 0 Å². The molecule has 0 aromatic rings. The van der Waals surface area contributed by atoms with Crippen molar-refractivity contribution in [2.24, 2.45) is 23.2 Å². The molecule has 3 atom stereocenters. The molecule has 0 radical (unpaired) electrons. The maximum atomic E-state index is 6.12. The average Bonchev–Trinajstić information content (AvgIpc) is 2.94. The maximum Gasteiger partial charge on any atom is 0.0537 e. The largest absolute Gasteiger partial charge is 0.381 e. The quantitative estimate of drug-likeness (QED) is 0.792. The minimum Gasteiger partial charge on any atom is -0.381 e. The van der Waals surface area contributed by atoms with Crippen LogP contribution >= 0.6 is 0 Å². The van der Waals surface area contributed by atoms with E-state index in [1.54, 1.807) is 0 Å². The van der Waals surface area contributed by atoms with Crippen LogP contribution in [-0.2, 0) is 4.74 Å². The summed E-state index contributed by atoms with van der Waals surface area (Å²) in [5, 5.41) is 3.76. The molecule has 0 aliphatic heterocycles. The SMILES string of the molecule is CC(C)(C)NCC1(COCC2CC2)CC2CCC1C2. The first kappa shape index (κ1) is 13.9. The molecule has 0 heterocycles. The molecule has 3 rings (SSSR count). The third-order valence-electron chi connectivity index (χ3n) is 5.51. The zero-order valence-electron chi connectivity index (χ0n) is 13.0. The van der Waals surface area contributed by atoms with Gasteiger partial charge in [0.05, 0.1) is 6.61 Å². The van der Waals surface area contributed by atoms with Crippen molar-refractivity contribution in [3.63, 3.8) is 0 Å². The zero-order chi connectivity index (χ0) is 13.5. The van der Waals surface area contributed by atoms with Crippen LogP contribution in [0.1, 0.15) is 59.3 Å². The molecule has 0 saturated heterocycles. The zero-order valence-corrected chi connectivity index (χ0v) is 13.0. The predicted molar refractivity (Wildman–Crippen MR) is 79.2 cm³/mol. The molecule has 1 N–H and O–H groups in total. The molecule has 2 bridgehead atoms. The van der Waals surface area contributed by atoms with Crippen molar-refractivity contribution in [3.8, 4) is 0 Å². The summed E-state index contributed by atoms with van der Waals surface area (Å²) in [6.45, 7) is 10.0. The van der Waals surface area contributed by atoms with Crippen LogP contribution in [0.5, 0.6) is 0 Å². The van der Waals surface area contributed by atoms with Gasteiger partial charge in [0.1, 0.15) is 0 Å². The summed E-state index contributed by atoms with van der Waals surface area (Å²) in [4.78, 5) is 0. The lowest BCUT2D eigenvalue weighted by molar-refractivity contribution is 0.00131. The van der Waals surface area contributed by atoms with E-state index in [1.165, 1.54) is 38.5 Å². The molecule has 110 valence electrons. The van der Waals surface area contributed by atoms with Crippen LogP contribution in [0.4, 0.5) is 0 Å². The van der Waals surface area contributed by atoms with Gasteiger partial charge in [-0.25, -0.2) is 0 Å². The van der Waals surface area contributed by atoms with Crippen molar-refractivity contribution in [2.45, 2.75) is 64.8 Å². The topological polar surface area (TPSA) is 21.3 Å². The maximum absolute atomic E-state index is 6.12. The fraction of sp³-hybridized carbons (Fsp3) is 1.00. The highest BCUT2D eigenvalue weighted by Gasteiger charge is 2.51. The summed E-state index contributed by atoms with van der Waals surface area (Å²) in [5.74, 6) is 2.81. The van der Waals surface area contributed by atoms with E-state index in [0.717, 1.165) is 37.5 Å². The van der Waals surface area contributed by atoms with Gasteiger partial charge in [-0.1, -0.05) is 6.42 Å². The van der Waals surface area contributed by atoms with Crippen LogP contribution in [0, 0.1) is 23.2 Å². The van der Waals surface area contributed by atoms with E-state index in [0.29, 0.717) is 5.41 Å². The van der Waals surface area contributed by atoms with Gasteiger partial charge in [0.15, 0.2) is 0 Å². The number of hydrogen-bond donors (Lipinski definition) is 1. The van der Waals surface area contributed by atoms with Crippen LogP contribution in [-0.4, -0.2) is 25.3 Å². The average molecular weight is 265 g/mol. The van der Waals surface area contributed by atoms with Crippen molar-refractivity contribution in [2.75, 3.05) is 19.8 Å². The van der Waals surface area contributed by atoms with Crippen LogP contribution in [0.2, 0.25) is 0 Å². The Morgan fingerprint density at radius 3 is 2.47 bits per heavy atom. The van der Waals surface area contributed by atoms with E-state index < -0.39 is 0 Å². The van der Waals surface area contributed by atoms with Crippen molar-refractivity contribution in [1.29, 1.82) is 0 Å². The van der Waals surface area contributed by atoms with Crippen LogP contribution < -0.4 is 5.32 Å². The first-order chi connectivity index (χ1) is 8.97. The molecule has 0 aromatic carbocycles. The van der Waals surface area contributed by atoms with Crippen molar-refractivity contribution >= 4 is 0 Å². The molecule has 0 aromatic heterocycles. The molecule has 2 heteroatoms. The fourth-order valence-electron chi connectivity index (χ4n) is 4.16. The summed E-state index contributed by atoms with van der Waals surface area (Å²) in [6, 6.07) is 0. The predicted octanol–water partition coefficient (Wildman–Crippen LogP) is 3.61. The smallest absolute Gasteiger partial charge is 0.0537 e. The second kappa shape index (κ2) is 5.04. The number of fused-ring (bicyclic) bond motifs is 2. The number of ether oxygens (including phenoxy) is 1. The van der Waals surface area contributed by atoms with Gasteiger partial charge in [0, 0.05) is 24.1 Å². The fourth-order valence-corrected chi connectivity index (χ4v) is 4.16. The normalized spacial score (nSPS) is 38.1.